The van der Waals surface area contributed by atoms with Crippen LogP contribution in [0.5, 0.6) is 0 Å². The number of nitro groups is 1. The van der Waals surface area contributed by atoms with Crippen molar-refractivity contribution in [1.82, 2.24) is 4.90 Å². The van der Waals surface area contributed by atoms with Crippen LogP contribution in [0.4, 0.5) is 5.69 Å². The number of carbonyl (C=O) groups is 2. The molecule has 3 aromatic carbocycles. The van der Waals surface area contributed by atoms with E-state index < -0.39 is 19.2 Å². The Balaban J connectivity index is 1.45. The van der Waals surface area contributed by atoms with E-state index in [1.807, 2.05) is 55.5 Å². The Morgan fingerprint density at radius 3 is 2.20 bits per heavy atom. The summed E-state index contributed by atoms with van der Waals surface area (Å²) in [6.07, 6.45) is 0.233. The van der Waals surface area contributed by atoms with Crippen molar-refractivity contribution in [3.05, 3.63) is 105 Å². The van der Waals surface area contributed by atoms with Gasteiger partial charge in [0.15, 0.2) is 8.32 Å². The fourth-order valence-corrected chi connectivity index (χ4v) is 9.53. The van der Waals surface area contributed by atoms with Gasteiger partial charge in [0.2, 0.25) is 5.91 Å². The number of fused-ring (bicyclic) bond motifs is 1. The molecule has 5 rings (SSSR count). The van der Waals surface area contributed by atoms with Gasteiger partial charge in [0.1, 0.15) is 12.3 Å². The topological polar surface area (TPSA) is 119 Å². The van der Waals surface area contributed by atoms with E-state index in [0.717, 1.165) is 46.0 Å². The first-order chi connectivity index (χ1) is 21.6. The zero-order chi connectivity index (χ0) is 32.3. The molecule has 10 heteroatoms. The third-order valence-electron chi connectivity index (χ3n) is 9.47. The Morgan fingerprint density at radius 2 is 1.60 bits per heavy atom. The van der Waals surface area contributed by atoms with Crippen molar-refractivity contribution in [2.24, 2.45) is 5.92 Å². The second kappa shape index (κ2) is 13.5. The van der Waals surface area contributed by atoms with Crippen LogP contribution in [-0.4, -0.2) is 47.3 Å². The molecule has 0 saturated carbocycles. The van der Waals surface area contributed by atoms with Crippen molar-refractivity contribution >= 4 is 31.5 Å². The molecule has 1 amide bonds. The molecule has 45 heavy (non-hydrogen) atoms. The Morgan fingerprint density at radius 1 is 0.978 bits per heavy atom. The summed E-state index contributed by atoms with van der Waals surface area (Å²) in [6, 6.07) is 24.1. The molecule has 2 aliphatic rings. The van der Waals surface area contributed by atoms with Gasteiger partial charge in [0, 0.05) is 12.1 Å². The Bertz CT molecular complexity index is 1590. The highest BCUT2D eigenvalue weighted by Gasteiger charge is 2.58. The number of β-lactam (4-membered cyclic amide) rings is 1. The maximum atomic E-state index is 13.8. The molecule has 236 valence electrons. The van der Waals surface area contributed by atoms with Gasteiger partial charge in [0.05, 0.1) is 29.6 Å². The molecule has 0 radical (unpaired) electrons. The smallest absolute Gasteiger partial charge is 0.355 e. The lowest BCUT2D eigenvalue weighted by molar-refractivity contribution is -0.384. The standard InChI is InChI=1S/C35H40N2O7Si/c1-5-45(6-2,7-3)44-23(4)32-31-20-30(28-10-8-9-27(19-28)26-15-11-24(21-38)12-16-26)33(36(31)34(32)39)35(40)43-22-25-13-17-29(18-14-25)37(41)42/h8-19,23,31-32,38H,5-7,20-22H2,1-4H3/t23-,31-,32-/m1/s1. The lowest BCUT2D eigenvalue weighted by Gasteiger charge is -2.48. The van der Waals surface area contributed by atoms with Crippen molar-refractivity contribution in [2.75, 3.05) is 0 Å². The second-order valence-corrected chi connectivity index (χ2v) is 16.6. The zero-order valence-electron chi connectivity index (χ0n) is 26.2. The molecule has 0 aliphatic carbocycles. The summed E-state index contributed by atoms with van der Waals surface area (Å²) < 4.78 is 12.4. The quantitative estimate of drug-likeness (QED) is 0.0723. The van der Waals surface area contributed by atoms with Crippen LogP contribution in [-0.2, 0) is 32.0 Å². The normalized spacial score (nSPS) is 18.4. The van der Waals surface area contributed by atoms with E-state index in [0.29, 0.717) is 12.0 Å². The van der Waals surface area contributed by atoms with Crippen LogP contribution >= 0.6 is 0 Å². The highest BCUT2D eigenvalue weighted by Crippen LogP contribution is 2.48. The van der Waals surface area contributed by atoms with Crippen molar-refractivity contribution in [1.29, 1.82) is 0 Å². The van der Waals surface area contributed by atoms with Gasteiger partial charge in [-0.2, -0.15) is 0 Å². The summed E-state index contributed by atoms with van der Waals surface area (Å²) in [6.45, 7) is 8.37. The van der Waals surface area contributed by atoms with Gasteiger partial charge in [-0.15, -0.1) is 0 Å². The largest absolute Gasteiger partial charge is 0.456 e. The molecule has 3 atom stereocenters. The fourth-order valence-electron chi connectivity index (χ4n) is 6.59. The molecular weight excluding hydrogens is 588 g/mol. The summed E-state index contributed by atoms with van der Waals surface area (Å²) in [5, 5.41) is 20.5. The third kappa shape index (κ3) is 6.36. The summed E-state index contributed by atoms with van der Waals surface area (Å²) in [5.41, 5.74) is 5.11. The van der Waals surface area contributed by atoms with Crippen molar-refractivity contribution in [3.8, 4) is 11.1 Å². The number of aliphatic hydroxyl groups excluding tert-OH is 1. The number of hydrogen-bond donors (Lipinski definition) is 1. The molecule has 0 bridgehead atoms. The lowest BCUT2D eigenvalue weighted by atomic mass is 9.82. The van der Waals surface area contributed by atoms with E-state index in [4.69, 9.17) is 9.16 Å². The highest BCUT2D eigenvalue weighted by molar-refractivity contribution is 6.73. The summed E-state index contributed by atoms with van der Waals surface area (Å²) >= 11 is 0. The monoisotopic (exact) mass is 628 g/mol. The maximum Gasteiger partial charge on any atom is 0.355 e. The van der Waals surface area contributed by atoms with Gasteiger partial charge >= 0.3 is 5.97 Å². The first-order valence-corrected chi connectivity index (χ1v) is 18.1. The summed E-state index contributed by atoms with van der Waals surface area (Å²) in [7, 11) is -1.97. The fraction of sp³-hybridized carbons (Fsp3) is 0.371. The predicted molar refractivity (Wildman–Crippen MR) is 174 cm³/mol. The number of benzene rings is 3. The van der Waals surface area contributed by atoms with Crippen LogP contribution in [0.15, 0.2) is 78.5 Å². The number of hydrogen-bond acceptors (Lipinski definition) is 7. The number of nitrogens with zero attached hydrogens (tertiary/aromatic N) is 2. The number of rotatable bonds is 13. The number of carbonyl (C=O) groups excluding carboxylic acids is 2. The van der Waals surface area contributed by atoms with Crippen LogP contribution in [0.1, 0.15) is 50.8 Å². The molecule has 2 heterocycles. The molecular formula is C35H40N2O7Si. The van der Waals surface area contributed by atoms with Crippen molar-refractivity contribution < 1.29 is 28.8 Å². The molecule has 1 N–H and O–H groups in total. The molecule has 0 unspecified atom stereocenters. The highest BCUT2D eigenvalue weighted by atomic mass is 28.4. The SMILES string of the molecule is CC[Si](CC)(CC)O[C@H](C)[C@H]1C(=O)N2C(C(=O)OCc3ccc([N+](=O)[O-])cc3)=C(c3cccc(-c4ccc(CO)cc4)c3)C[C@H]12. The van der Waals surface area contributed by atoms with Crippen LogP contribution in [0.3, 0.4) is 0 Å². The lowest BCUT2D eigenvalue weighted by Crippen LogP contribution is -2.63. The maximum absolute atomic E-state index is 13.8. The van der Waals surface area contributed by atoms with Gasteiger partial charge in [-0.3, -0.25) is 14.9 Å². The van der Waals surface area contributed by atoms with Crippen LogP contribution in [0.2, 0.25) is 18.1 Å². The molecule has 1 fully saturated rings. The number of ether oxygens (including phenoxy) is 1. The molecule has 0 aromatic heterocycles. The number of amides is 1. The minimum absolute atomic E-state index is 0.0362. The van der Waals surface area contributed by atoms with Crippen LogP contribution in [0, 0.1) is 16.0 Å². The van der Waals surface area contributed by atoms with Crippen molar-refractivity contribution in [3.63, 3.8) is 0 Å². The Hall–Kier alpha value is -4.12. The van der Waals surface area contributed by atoms with Gasteiger partial charge in [-0.25, -0.2) is 4.79 Å². The average molecular weight is 629 g/mol. The van der Waals surface area contributed by atoms with Gasteiger partial charge < -0.3 is 19.2 Å². The minimum atomic E-state index is -1.97. The number of nitro benzene ring substituents is 1. The summed E-state index contributed by atoms with van der Waals surface area (Å²) in [5.74, 6) is -1.10. The summed E-state index contributed by atoms with van der Waals surface area (Å²) in [4.78, 5) is 39.7. The van der Waals surface area contributed by atoms with Crippen molar-refractivity contribution in [2.45, 2.75) is 77.6 Å². The predicted octanol–water partition coefficient (Wildman–Crippen LogP) is 6.85. The number of esters is 1. The molecule has 2 aliphatic heterocycles. The van der Waals surface area contributed by atoms with Gasteiger partial charge in [-0.1, -0.05) is 63.2 Å². The molecule has 1 saturated heterocycles. The van der Waals surface area contributed by atoms with Crippen LogP contribution < -0.4 is 0 Å². The first kappa shape index (κ1) is 32.3. The third-order valence-corrected chi connectivity index (χ3v) is 14.2. The molecule has 0 spiro atoms. The van der Waals surface area contributed by atoms with E-state index in [9.17, 15) is 24.8 Å². The Labute approximate surface area is 264 Å². The number of aliphatic hydroxyl groups is 1. The van der Waals surface area contributed by atoms with Gasteiger partial charge in [0.25, 0.3) is 5.69 Å². The van der Waals surface area contributed by atoms with E-state index >= 15 is 0 Å². The van der Waals surface area contributed by atoms with E-state index in [2.05, 4.69) is 20.8 Å². The first-order valence-electron chi connectivity index (χ1n) is 15.6. The minimum Gasteiger partial charge on any atom is -0.456 e. The Kier molecular flexibility index (Phi) is 9.67. The van der Waals surface area contributed by atoms with E-state index in [-0.39, 0.29) is 48.6 Å². The second-order valence-electron chi connectivity index (χ2n) is 11.8. The average Bonchev–Trinajstić information content (AvgIpc) is 3.41. The zero-order valence-corrected chi connectivity index (χ0v) is 27.2. The molecule has 3 aromatic rings. The number of non-ortho nitro benzene ring substituents is 1. The van der Waals surface area contributed by atoms with Crippen LogP contribution in [0.25, 0.3) is 16.7 Å². The van der Waals surface area contributed by atoms with E-state index in [1.54, 1.807) is 17.0 Å². The molecule has 9 nitrogen and oxygen atoms in total. The van der Waals surface area contributed by atoms with Gasteiger partial charge in [-0.05, 0) is 83.1 Å². The van der Waals surface area contributed by atoms with E-state index in [1.165, 1.54) is 12.1 Å².